The summed E-state index contributed by atoms with van der Waals surface area (Å²) >= 11 is 1.50. The largest absolute Gasteiger partial charge is 0.493 e. The molecule has 0 aliphatic heterocycles. The van der Waals surface area contributed by atoms with Crippen molar-refractivity contribution in [2.24, 2.45) is 5.90 Å². The Kier molecular flexibility index (Phi) is 4.78. The first-order valence-corrected chi connectivity index (χ1v) is 6.68. The van der Waals surface area contributed by atoms with E-state index in [0.717, 1.165) is 16.3 Å². The topological polar surface area (TPSA) is 75.8 Å². The molecule has 0 aliphatic carbocycles. The highest BCUT2D eigenvalue weighted by atomic mass is 32.1. The highest BCUT2D eigenvalue weighted by Crippen LogP contribution is 2.41. The highest BCUT2D eigenvalue weighted by molar-refractivity contribution is 7.13. The van der Waals surface area contributed by atoms with Crippen LogP contribution in [0.3, 0.4) is 0 Å². The third-order valence-corrected chi connectivity index (χ3v) is 3.63. The number of methoxy groups -OCH3 is 3. The maximum Gasteiger partial charge on any atom is 0.203 e. The molecular weight excluding hydrogens is 280 g/mol. The minimum Gasteiger partial charge on any atom is -0.493 e. The summed E-state index contributed by atoms with van der Waals surface area (Å²) in [5.41, 5.74) is 1.66. The fraction of sp³-hybridized carbons (Fsp3) is 0.308. The van der Waals surface area contributed by atoms with Crippen LogP contribution >= 0.6 is 11.3 Å². The Bertz CT molecular complexity index is 560. The molecule has 0 saturated heterocycles. The Labute approximate surface area is 121 Å². The molecular formula is C13H16N2O4S. The first kappa shape index (κ1) is 14.6. The van der Waals surface area contributed by atoms with E-state index in [4.69, 9.17) is 20.1 Å². The lowest BCUT2D eigenvalue weighted by atomic mass is 10.2. The van der Waals surface area contributed by atoms with Crippen LogP contribution in [0.25, 0.3) is 10.6 Å². The Morgan fingerprint density at radius 3 is 2.25 bits per heavy atom. The van der Waals surface area contributed by atoms with Gasteiger partial charge >= 0.3 is 0 Å². The van der Waals surface area contributed by atoms with Crippen LogP contribution in [-0.4, -0.2) is 26.3 Å². The van der Waals surface area contributed by atoms with E-state index in [1.165, 1.54) is 11.3 Å². The summed E-state index contributed by atoms with van der Waals surface area (Å²) in [6.45, 7) is 0.279. The molecule has 2 aromatic rings. The second-order valence-corrected chi connectivity index (χ2v) is 4.73. The first-order valence-electron chi connectivity index (χ1n) is 5.80. The van der Waals surface area contributed by atoms with Crippen LogP contribution in [0.5, 0.6) is 17.2 Å². The van der Waals surface area contributed by atoms with Gasteiger partial charge in [0, 0.05) is 10.9 Å². The van der Waals surface area contributed by atoms with Gasteiger partial charge in [-0.2, -0.15) is 0 Å². The SMILES string of the molecule is COc1cc(-c2nc(CON)cs2)cc(OC)c1OC. The van der Waals surface area contributed by atoms with Crippen molar-refractivity contribution in [1.82, 2.24) is 4.98 Å². The lowest BCUT2D eigenvalue weighted by Gasteiger charge is -2.13. The van der Waals surface area contributed by atoms with E-state index >= 15 is 0 Å². The smallest absolute Gasteiger partial charge is 0.203 e. The standard InChI is InChI=1S/C13H16N2O4S/c1-16-10-4-8(5-11(17-2)12(10)18-3)13-15-9(6-19-14)7-20-13/h4-5,7H,6,14H2,1-3H3. The number of nitrogens with zero attached hydrogens (tertiary/aromatic N) is 1. The summed E-state index contributed by atoms with van der Waals surface area (Å²) < 4.78 is 15.9. The van der Waals surface area contributed by atoms with Gasteiger partial charge in [0.25, 0.3) is 0 Å². The van der Waals surface area contributed by atoms with Crippen molar-refractivity contribution < 1.29 is 19.0 Å². The van der Waals surface area contributed by atoms with Crippen LogP contribution in [-0.2, 0) is 11.4 Å². The molecule has 0 atom stereocenters. The van der Waals surface area contributed by atoms with Crippen molar-refractivity contribution in [2.75, 3.05) is 21.3 Å². The summed E-state index contributed by atoms with van der Waals surface area (Å²) in [6, 6.07) is 3.71. The van der Waals surface area contributed by atoms with Crippen LogP contribution in [0.15, 0.2) is 17.5 Å². The number of hydrogen-bond donors (Lipinski definition) is 1. The normalized spacial score (nSPS) is 10.4. The van der Waals surface area contributed by atoms with Crippen molar-refractivity contribution in [1.29, 1.82) is 0 Å². The number of aromatic nitrogens is 1. The first-order chi connectivity index (χ1) is 9.73. The summed E-state index contributed by atoms with van der Waals surface area (Å²) in [5.74, 6) is 6.78. The van der Waals surface area contributed by atoms with E-state index in [0.29, 0.717) is 17.2 Å². The van der Waals surface area contributed by atoms with Crippen molar-refractivity contribution in [3.63, 3.8) is 0 Å². The number of rotatable bonds is 6. The summed E-state index contributed by atoms with van der Waals surface area (Å²) in [6.07, 6.45) is 0. The predicted molar refractivity (Wildman–Crippen MR) is 76.2 cm³/mol. The van der Waals surface area contributed by atoms with E-state index in [9.17, 15) is 0 Å². The third kappa shape index (κ3) is 2.84. The van der Waals surface area contributed by atoms with Gasteiger partial charge in [0.15, 0.2) is 11.5 Å². The van der Waals surface area contributed by atoms with E-state index in [1.807, 2.05) is 17.5 Å². The molecule has 2 N–H and O–H groups in total. The second-order valence-electron chi connectivity index (χ2n) is 3.87. The number of benzene rings is 1. The summed E-state index contributed by atoms with van der Waals surface area (Å²) in [5, 5.41) is 2.72. The molecule has 6 nitrogen and oxygen atoms in total. The number of thiazole rings is 1. The molecule has 1 aromatic heterocycles. The monoisotopic (exact) mass is 296 g/mol. The zero-order valence-electron chi connectivity index (χ0n) is 11.5. The quantitative estimate of drug-likeness (QED) is 0.824. The zero-order chi connectivity index (χ0) is 14.5. The molecule has 0 fully saturated rings. The summed E-state index contributed by atoms with van der Waals surface area (Å²) in [4.78, 5) is 9.02. The van der Waals surface area contributed by atoms with Crippen LogP contribution < -0.4 is 20.1 Å². The van der Waals surface area contributed by atoms with Gasteiger partial charge in [0.2, 0.25) is 5.75 Å². The molecule has 0 bridgehead atoms. The van der Waals surface area contributed by atoms with Crippen molar-refractivity contribution >= 4 is 11.3 Å². The van der Waals surface area contributed by atoms with Crippen LogP contribution in [0.2, 0.25) is 0 Å². The molecule has 0 aliphatic rings. The molecule has 7 heteroatoms. The van der Waals surface area contributed by atoms with Crippen molar-refractivity contribution in [3.05, 3.63) is 23.2 Å². The number of hydrogen-bond acceptors (Lipinski definition) is 7. The van der Waals surface area contributed by atoms with Gasteiger partial charge in [-0.25, -0.2) is 10.9 Å². The van der Waals surface area contributed by atoms with Crippen molar-refractivity contribution in [2.45, 2.75) is 6.61 Å². The molecule has 1 heterocycles. The number of nitrogens with two attached hydrogens (primary N) is 1. The maximum atomic E-state index is 5.32. The third-order valence-electron chi connectivity index (χ3n) is 2.69. The van der Waals surface area contributed by atoms with Gasteiger partial charge in [-0.05, 0) is 12.1 Å². The minimum absolute atomic E-state index is 0.279. The average molecular weight is 296 g/mol. The molecule has 2 rings (SSSR count). The van der Waals surface area contributed by atoms with E-state index < -0.39 is 0 Å². The fourth-order valence-electron chi connectivity index (χ4n) is 1.80. The average Bonchev–Trinajstić information content (AvgIpc) is 2.94. The van der Waals surface area contributed by atoms with Crippen LogP contribution in [0.1, 0.15) is 5.69 Å². The van der Waals surface area contributed by atoms with Crippen LogP contribution in [0, 0.1) is 0 Å². The molecule has 0 unspecified atom stereocenters. The Hall–Kier alpha value is -1.83. The molecule has 0 amide bonds. The Morgan fingerprint density at radius 1 is 1.10 bits per heavy atom. The fourth-order valence-corrected chi connectivity index (χ4v) is 2.59. The van der Waals surface area contributed by atoms with E-state index in [2.05, 4.69) is 9.82 Å². The van der Waals surface area contributed by atoms with Gasteiger partial charge in [-0.15, -0.1) is 11.3 Å². The Morgan fingerprint density at radius 2 is 1.75 bits per heavy atom. The van der Waals surface area contributed by atoms with Gasteiger partial charge in [-0.3, -0.25) is 4.84 Å². The van der Waals surface area contributed by atoms with Gasteiger partial charge in [0.1, 0.15) is 11.6 Å². The van der Waals surface area contributed by atoms with Crippen molar-refractivity contribution in [3.8, 4) is 27.8 Å². The van der Waals surface area contributed by atoms with Crippen LogP contribution in [0.4, 0.5) is 0 Å². The lowest BCUT2D eigenvalue weighted by molar-refractivity contribution is 0.122. The van der Waals surface area contributed by atoms with Gasteiger partial charge < -0.3 is 14.2 Å². The maximum absolute atomic E-state index is 5.32. The lowest BCUT2D eigenvalue weighted by Crippen LogP contribution is -1.99. The Balaban J connectivity index is 2.45. The van der Waals surface area contributed by atoms with E-state index in [-0.39, 0.29) is 6.61 Å². The molecule has 1 aromatic carbocycles. The zero-order valence-corrected chi connectivity index (χ0v) is 12.3. The molecule has 0 saturated carbocycles. The van der Waals surface area contributed by atoms with E-state index in [1.54, 1.807) is 21.3 Å². The number of ether oxygens (including phenoxy) is 3. The highest BCUT2D eigenvalue weighted by Gasteiger charge is 2.15. The molecule has 20 heavy (non-hydrogen) atoms. The second kappa shape index (κ2) is 6.56. The van der Waals surface area contributed by atoms with Gasteiger partial charge in [0.05, 0.1) is 27.0 Å². The molecule has 0 spiro atoms. The molecule has 108 valence electrons. The summed E-state index contributed by atoms with van der Waals surface area (Å²) in [7, 11) is 4.73. The predicted octanol–water partition coefficient (Wildman–Crippen LogP) is 2.23. The van der Waals surface area contributed by atoms with Gasteiger partial charge in [-0.1, -0.05) is 0 Å². The minimum atomic E-state index is 0.279. The molecule has 0 radical (unpaired) electrons.